The lowest BCUT2D eigenvalue weighted by atomic mass is 10.0. The molecule has 0 unspecified atom stereocenters. The summed E-state index contributed by atoms with van der Waals surface area (Å²) < 4.78 is 8.87. The zero-order valence-corrected chi connectivity index (χ0v) is 15.5. The molecule has 1 aliphatic rings. The van der Waals surface area contributed by atoms with Gasteiger partial charge < -0.3 is 15.4 Å². The van der Waals surface area contributed by atoms with E-state index in [0.29, 0.717) is 18.8 Å². The fourth-order valence-corrected chi connectivity index (χ4v) is 3.46. The van der Waals surface area contributed by atoms with Gasteiger partial charge in [0.15, 0.2) is 0 Å². The number of aryl methyl sites for hydroxylation is 3. The lowest BCUT2D eigenvalue weighted by molar-refractivity contribution is 0.0157. The largest absolute Gasteiger partial charge is 0.378 e. The summed E-state index contributed by atoms with van der Waals surface area (Å²) in [5.74, 6) is -0.0469. The molecule has 0 saturated carbocycles. The number of ether oxygens (including phenoxy) is 1. The quantitative estimate of drug-likeness (QED) is 0.880. The predicted molar refractivity (Wildman–Crippen MR) is 94.2 cm³/mol. The second-order valence-corrected chi connectivity index (χ2v) is 6.69. The fourth-order valence-electron chi connectivity index (χ4n) is 3.46. The van der Waals surface area contributed by atoms with Crippen LogP contribution in [0.4, 0.5) is 0 Å². The van der Waals surface area contributed by atoms with Crippen molar-refractivity contribution in [2.75, 3.05) is 20.2 Å². The highest BCUT2D eigenvalue weighted by Crippen LogP contribution is 2.26. The highest BCUT2D eigenvalue weighted by molar-refractivity contribution is 5.94. The first kappa shape index (κ1) is 17.6. The van der Waals surface area contributed by atoms with Crippen molar-refractivity contribution >= 4 is 5.91 Å². The molecule has 0 aromatic carbocycles. The van der Waals surface area contributed by atoms with E-state index in [1.54, 1.807) is 23.7 Å². The van der Waals surface area contributed by atoms with Gasteiger partial charge in [-0.2, -0.15) is 10.2 Å². The van der Waals surface area contributed by atoms with Crippen molar-refractivity contribution in [2.24, 2.45) is 19.8 Å². The molecule has 1 amide bonds. The van der Waals surface area contributed by atoms with E-state index in [1.807, 2.05) is 31.6 Å². The standard InChI is InChI=1S/C17H26N6O2/c1-10-16(11(2)21(3)19-10)13-8-14(22(4)20-13)17(24)23-7-6-12(18)15(9-23)25-5/h8,12,15H,6-7,9,18H2,1-5H3/t12-,15+/m1/s1. The summed E-state index contributed by atoms with van der Waals surface area (Å²) in [7, 11) is 5.33. The van der Waals surface area contributed by atoms with Crippen LogP contribution in [0, 0.1) is 13.8 Å². The van der Waals surface area contributed by atoms with Crippen LogP contribution in [0.1, 0.15) is 28.3 Å². The third-order valence-electron chi connectivity index (χ3n) is 5.06. The van der Waals surface area contributed by atoms with Crippen LogP contribution in [0.15, 0.2) is 6.07 Å². The SMILES string of the molecule is CO[C@H]1CN(C(=O)c2cc(-c3c(C)nn(C)c3C)nn2C)CC[C@H]1N. The van der Waals surface area contributed by atoms with Crippen LogP contribution in [0.3, 0.4) is 0 Å². The number of aromatic nitrogens is 4. The zero-order valence-electron chi connectivity index (χ0n) is 15.5. The van der Waals surface area contributed by atoms with Gasteiger partial charge >= 0.3 is 0 Å². The molecule has 0 aliphatic carbocycles. The minimum Gasteiger partial charge on any atom is -0.378 e. The molecule has 2 atom stereocenters. The number of amides is 1. The third kappa shape index (κ3) is 3.07. The molecule has 0 spiro atoms. The molecule has 1 saturated heterocycles. The number of nitrogens with two attached hydrogens (primary N) is 1. The molecule has 1 aliphatic heterocycles. The minimum absolute atomic E-state index is 0.0307. The van der Waals surface area contributed by atoms with Crippen molar-refractivity contribution < 1.29 is 9.53 Å². The van der Waals surface area contributed by atoms with Gasteiger partial charge in [0.05, 0.1) is 17.5 Å². The summed E-state index contributed by atoms with van der Waals surface area (Å²) in [4.78, 5) is 14.7. The molecule has 0 radical (unpaired) electrons. The first-order valence-electron chi connectivity index (χ1n) is 8.45. The van der Waals surface area contributed by atoms with E-state index >= 15 is 0 Å². The average Bonchev–Trinajstić information content (AvgIpc) is 3.06. The molecule has 136 valence electrons. The molecule has 0 bridgehead atoms. The maximum absolute atomic E-state index is 13.0. The van der Waals surface area contributed by atoms with E-state index in [4.69, 9.17) is 10.5 Å². The first-order chi connectivity index (χ1) is 11.8. The van der Waals surface area contributed by atoms with Gasteiger partial charge in [-0.3, -0.25) is 14.2 Å². The van der Waals surface area contributed by atoms with Crippen molar-refractivity contribution in [2.45, 2.75) is 32.4 Å². The van der Waals surface area contributed by atoms with Gasteiger partial charge in [0.2, 0.25) is 0 Å². The van der Waals surface area contributed by atoms with Crippen LogP contribution in [0.5, 0.6) is 0 Å². The smallest absolute Gasteiger partial charge is 0.272 e. The molecule has 1 fully saturated rings. The molecule has 2 aromatic heterocycles. The Labute approximate surface area is 147 Å². The summed E-state index contributed by atoms with van der Waals surface area (Å²) in [5.41, 5.74) is 10.3. The van der Waals surface area contributed by atoms with Crippen molar-refractivity contribution in [3.63, 3.8) is 0 Å². The van der Waals surface area contributed by atoms with E-state index in [9.17, 15) is 4.79 Å². The van der Waals surface area contributed by atoms with Gasteiger partial charge in [-0.05, 0) is 26.3 Å². The normalized spacial score (nSPS) is 21.0. The second kappa shape index (κ2) is 6.61. The van der Waals surface area contributed by atoms with Crippen LogP contribution >= 0.6 is 0 Å². The van der Waals surface area contributed by atoms with E-state index in [0.717, 1.165) is 29.1 Å². The van der Waals surface area contributed by atoms with Crippen LogP contribution in [0.2, 0.25) is 0 Å². The minimum atomic E-state index is -0.131. The van der Waals surface area contributed by atoms with Crippen LogP contribution in [0.25, 0.3) is 11.3 Å². The number of hydrogen-bond donors (Lipinski definition) is 1. The van der Waals surface area contributed by atoms with Crippen molar-refractivity contribution in [1.29, 1.82) is 0 Å². The van der Waals surface area contributed by atoms with Crippen LogP contribution < -0.4 is 5.73 Å². The number of hydrogen-bond acceptors (Lipinski definition) is 5. The summed E-state index contributed by atoms with van der Waals surface area (Å²) >= 11 is 0. The Hall–Kier alpha value is -2.19. The number of piperidine rings is 1. The lowest BCUT2D eigenvalue weighted by Gasteiger charge is -2.35. The molecule has 2 aromatic rings. The molecule has 3 heterocycles. The van der Waals surface area contributed by atoms with E-state index < -0.39 is 0 Å². The lowest BCUT2D eigenvalue weighted by Crippen LogP contribution is -2.53. The summed E-state index contributed by atoms with van der Waals surface area (Å²) in [6.07, 6.45) is 0.601. The van der Waals surface area contributed by atoms with Gasteiger partial charge in [0.25, 0.3) is 5.91 Å². The summed E-state index contributed by atoms with van der Waals surface area (Å²) in [5, 5.41) is 8.98. The van der Waals surface area contributed by atoms with Gasteiger partial charge in [-0.25, -0.2) is 0 Å². The highest BCUT2D eigenvalue weighted by atomic mass is 16.5. The number of rotatable bonds is 3. The van der Waals surface area contributed by atoms with Crippen molar-refractivity contribution in [3.05, 3.63) is 23.1 Å². The van der Waals surface area contributed by atoms with Crippen molar-refractivity contribution in [1.82, 2.24) is 24.5 Å². The predicted octanol–water partition coefficient (Wildman–Crippen LogP) is 0.626. The molecule has 2 N–H and O–H groups in total. The van der Waals surface area contributed by atoms with Crippen molar-refractivity contribution in [3.8, 4) is 11.3 Å². The average molecular weight is 346 g/mol. The number of likely N-dealkylation sites (tertiary alicyclic amines) is 1. The maximum atomic E-state index is 13.0. The highest BCUT2D eigenvalue weighted by Gasteiger charge is 2.31. The Kier molecular flexibility index (Phi) is 4.66. The van der Waals surface area contributed by atoms with Gasteiger partial charge in [-0.15, -0.1) is 0 Å². The summed E-state index contributed by atoms with van der Waals surface area (Å²) in [6.45, 7) is 5.09. The number of carbonyl (C=O) groups is 1. The number of carbonyl (C=O) groups excluding carboxylic acids is 1. The number of methoxy groups -OCH3 is 1. The van der Waals surface area contributed by atoms with Gasteiger partial charge in [0, 0.05) is 51.6 Å². The van der Waals surface area contributed by atoms with Gasteiger partial charge in [0.1, 0.15) is 5.69 Å². The molecule has 8 heteroatoms. The first-order valence-corrected chi connectivity index (χ1v) is 8.45. The van der Waals surface area contributed by atoms with E-state index in [1.165, 1.54) is 0 Å². The Balaban J connectivity index is 1.89. The van der Waals surface area contributed by atoms with Crippen LogP contribution in [-0.4, -0.2) is 62.7 Å². The zero-order chi connectivity index (χ0) is 18.3. The topological polar surface area (TPSA) is 91.2 Å². The van der Waals surface area contributed by atoms with E-state index in [2.05, 4.69) is 10.2 Å². The molecule has 8 nitrogen and oxygen atoms in total. The summed E-state index contributed by atoms with van der Waals surface area (Å²) in [6, 6.07) is 1.81. The van der Waals surface area contributed by atoms with Gasteiger partial charge in [-0.1, -0.05) is 0 Å². The molecule has 3 rings (SSSR count). The van der Waals surface area contributed by atoms with Crippen LogP contribution in [-0.2, 0) is 18.8 Å². The maximum Gasteiger partial charge on any atom is 0.272 e. The fraction of sp³-hybridized carbons (Fsp3) is 0.588. The third-order valence-corrected chi connectivity index (χ3v) is 5.06. The Morgan fingerprint density at radius 3 is 2.60 bits per heavy atom. The molecule has 25 heavy (non-hydrogen) atoms. The Bertz CT molecular complexity index is 793. The number of nitrogens with zero attached hydrogens (tertiary/aromatic N) is 5. The van der Waals surface area contributed by atoms with E-state index in [-0.39, 0.29) is 18.1 Å². The molecular weight excluding hydrogens is 320 g/mol. The Morgan fingerprint density at radius 2 is 2.00 bits per heavy atom. The Morgan fingerprint density at radius 1 is 1.28 bits per heavy atom. The molecular formula is C17H26N6O2. The monoisotopic (exact) mass is 346 g/mol. The second-order valence-electron chi connectivity index (χ2n) is 6.69.